The van der Waals surface area contributed by atoms with Gasteiger partial charge in [-0.15, -0.1) is 0 Å². The molecule has 1 aromatic rings. The molecule has 3 nitrogen and oxygen atoms in total. The van der Waals surface area contributed by atoms with Crippen LogP contribution in [0.15, 0.2) is 17.1 Å². The van der Waals surface area contributed by atoms with E-state index in [0.29, 0.717) is 6.04 Å². The van der Waals surface area contributed by atoms with Gasteiger partial charge < -0.3 is 9.30 Å². The summed E-state index contributed by atoms with van der Waals surface area (Å²) in [6.45, 7) is 1.75. The molecular weight excluding hydrogens is 220 g/mol. The van der Waals surface area contributed by atoms with Gasteiger partial charge >= 0.3 is 0 Å². The van der Waals surface area contributed by atoms with Crippen LogP contribution in [-0.2, 0) is 4.74 Å². The summed E-state index contributed by atoms with van der Waals surface area (Å²) in [5.74, 6) is 0. The van der Waals surface area contributed by atoms with Gasteiger partial charge in [0, 0.05) is 25.5 Å². The minimum Gasteiger partial charge on any atom is -0.381 e. The third kappa shape index (κ3) is 1.69. The van der Waals surface area contributed by atoms with Gasteiger partial charge in [-0.25, -0.2) is 4.98 Å². The first-order valence-corrected chi connectivity index (χ1v) is 4.92. The summed E-state index contributed by atoms with van der Waals surface area (Å²) in [7, 11) is 0. The van der Waals surface area contributed by atoms with Gasteiger partial charge in [0.05, 0.1) is 6.33 Å². The summed E-state index contributed by atoms with van der Waals surface area (Å²) in [6.07, 6.45) is 6.10. The lowest BCUT2D eigenvalue weighted by Gasteiger charge is -2.22. The molecule has 66 valence electrons. The minimum absolute atomic E-state index is 0.581. The van der Waals surface area contributed by atoms with Crippen molar-refractivity contribution in [3.8, 4) is 0 Å². The standard InChI is InChI=1S/C8H11BrN2O/c9-8-5-11(6-10-8)7-1-3-12-4-2-7/h5-7H,1-4H2. The molecule has 0 spiro atoms. The maximum absolute atomic E-state index is 5.28. The maximum Gasteiger partial charge on any atom is 0.124 e. The van der Waals surface area contributed by atoms with E-state index in [4.69, 9.17) is 4.74 Å². The van der Waals surface area contributed by atoms with Gasteiger partial charge in [-0.1, -0.05) is 0 Å². The van der Waals surface area contributed by atoms with Crippen molar-refractivity contribution in [2.75, 3.05) is 13.2 Å². The molecule has 0 atom stereocenters. The van der Waals surface area contributed by atoms with E-state index < -0.39 is 0 Å². The van der Waals surface area contributed by atoms with E-state index in [1.165, 1.54) is 0 Å². The molecule has 1 aliphatic rings. The fourth-order valence-electron chi connectivity index (χ4n) is 1.49. The van der Waals surface area contributed by atoms with Gasteiger partial charge in [0.25, 0.3) is 0 Å². The smallest absolute Gasteiger partial charge is 0.124 e. The SMILES string of the molecule is Brc1cn(C2CCOCC2)cn1. The molecule has 0 N–H and O–H groups in total. The first kappa shape index (κ1) is 8.26. The van der Waals surface area contributed by atoms with Crippen LogP contribution in [0.4, 0.5) is 0 Å². The lowest BCUT2D eigenvalue weighted by atomic mass is 10.1. The molecule has 1 aliphatic heterocycles. The summed E-state index contributed by atoms with van der Waals surface area (Å²) in [6, 6.07) is 0.581. The molecule has 2 heterocycles. The van der Waals surface area contributed by atoms with Crippen molar-refractivity contribution in [2.24, 2.45) is 0 Å². The highest BCUT2D eigenvalue weighted by atomic mass is 79.9. The molecule has 0 bridgehead atoms. The van der Waals surface area contributed by atoms with Gasteiger partial charge in [0.15, 0.2) is 0 Å². The van der Waals surface area contributed by atoms with E-state index in [0.717, 1.165) is 30.7 Å². The Labute approximate surface area is 79.9 Å². The molecule has 2 rings (SSSR count). The lowest BCUT2D eigenvalue weighted by molar-refractivity contribution is 0.0695. The molecule has 4 heteroatoms. The van der Waals surface area contributed by atoms with E-state index in [9.17, 15) is 0 Å². The predicted octanol–water partition coefficient (Wildman–Crippen LogP) is 2.00. The highest BCUT2D eigenvalue weighted by Gasteiger charge is 2.14. The molecule has 0 aromatic carbocycles. The Hall–Kier alpha value is -0.350. The normalized spacial score (nSPS) is 19.8. The van der Waals surface area contributed by atoms with Crippen LogP contribution < -0.4 is 0 Å². The Morgan fingerprint density at radius 1 is 1.50 bits per heavy atom. The molecule has 1 saturated heterocycles. The first-order valence-electron chi connectivity index (χ1n) is 4.13. The summed E-state index contributed by atoms with van der Waals surface area (Å²) in [4.78, 5) is 4.13. The van der Waals surface area contributed by atoms with Gasteiger partial charge in [-0.05, 0) is 28.8 Å². The Morgan fingerprint density at radius 2 is 2.25 bits per heavy atom. The Kier molecular flexibility index (Phi) is 2.46. The average Bonchev–Trinajstić information content (AvgIpc) is 2.54. The van der Waals surface area contributed by atoms with Crippen molar-refractivity contribution in [3.05, 3.63) is 17.1 Å². The second-order valence-electron chi connectivity index (χ2n) is 2.99. The zero-order chi connectivity index (χ0) is 8.39. The molecule has 12 heavy (non-hydrogen) atoms. The summed E-state index contributed by atoms with van der Waals surface area (Å²) < 4.78 is 8.35. The third-order valence-corrected chi connectivity index (χ3v) is 2.59. The quantitative estimate of drug-likeness (QED) is 0.739. The number of rotatable bonds is 1. The number of halogens is 1. The van der Waals surface area contributed by atoms with Crippen LogP contribution in [0.1, 0.15) is 18.9 Å². The van der Waals surface area contributed by atoms with Crippen LogP contribution in [0, 0.1) is 0 Å². The molecule has 0 aliphatic carbocycles. The predicted molar refractivity (Wildman–Crippen MR) is 49.0 cm³/mol. The van der Waals surface area contributed by atoms with Crippen molar-refractivity contribution < 1.29 is 4.74 Å². The van der Waals surface area contributed by atoms with Crippen molar-refractivity contribution >= 4 is 15.9 Å². The minimum atomic E-state index is 0.581. The first-order chi connectivity index (χ1) is 5.86. The zero-order valence-electron chi connectivity index (χ0n) is 6.74. The Bertz CT molecular complexity index is 255. The maximum atomic E-state index is 5.28. The molecule has 0 unspecified atom stereocenters. The zero-order valence-corrected chi connectivity index (χ0v) is 8.33. The summed E-state index contributed by atoms with van der Waals surface area (Å²) in [5.41, 5.74) is 0. The third-order valence-electron chi connectivity index (χ3n) is 2.18. The van der Waals surface area contributed by atoms with E-state index >= 15 is 0 Å². The van der Waals surface area contributed by atoms with Crippen LogP contribution in [0.5, 0.6) is 0 Å². The summed E-state index contributed by atoms with van der Waals surface area (Å²) in [5, 5.41) is 0. The van der Waals surface area contributed by atoms with Gasteiger partial charge in [0.2, 0.25) is 0 Å². The molecule has 0 amide bonds. The Balaban J connectivity index is 2.08. The van der Waals surface area contributed by atoms with Gasteiger partial charge in [-0.2, -0.15) is 0 Å². The number of nitrogens with zero attached hydrogens (tertiary/aromatic N) is 2. The van der Waals surface area contributed by atoms with Crippen LogP contribution in [0.3, 0.4) is 0 Å². The van der Waals surface area contributed by atoms with Crippen molar-refractivity contribution in [2.45, 2.75) is 18.9 Å². The molecule has 0 radical (unpaired) electrons. The number of imidazole rings is 1. The van der Waals surface area contributed by atoms with Crippen LogP contribution >= 0.6 is 15.9 Å². The number of aromatic nitrogens is 2. The lowest BCUT2D eigenvalue weighted by Crippen LogP contribution is -2.18. The average molecular weight is 231 g/mol. The fraction of sp³-hybridized carbons (Fsp3) is 0.625. The highest BCUT2D eigenvalue weighted by Crippen LogP contribution is 2.21. The van der Waals surface area contributed by atoms with Crippen LogP contribution in [-0.4, -0.2) is 22.8 Å². The van der Waals surface area contributed by atoms with Gasteiger partial charge in [-0.3, -0.25) is 0 Å². The monoisotopic (exact) mass is 230 g/mol. The van der Waals surface area contributed by atoms with Crippen molar-refractivity contribution in [1.82, 2.24) is 9.55 Å². The van der Waals surface area contributed by atoms with Crippen molar-refractivity contribution in [1.29, 1.82) is 0 Å². The second kappa shape index (κ2) is 3.58. The number of hydrogen-bond donors (Lipinski definition) is 0. The number of hydrogen-bond acceptors (Lipinski definition) is 2. The van der Waals surface area contributed by atoms with Gasteiger partial charge in [0.1, 0.15) is 4.60 Å². The topological polar surface area (TPSA) is 27.1 Å². The Morgan fingerprint density at radius 3 is 2.83 bits per heavy atom. The molecule has 1 fully saturated rings. The van der Waals surface area contributed by atoms with Crippen LogP contribution in [0.25, 0.3) is 0 Å². The van der Waals surface area contributed by atoms with E-state index in [1.54, 1.807) is 0 Å². The van der Waals surface area contributed by atoms with Crippen molar-refractivity contribution in [3.63, 3.8) is 0 Å². The molecular formula is C8H11BrN2O. The van der Waals surface area contributed by atoms with E-state index in [-0.39, 0.29) is 0 Å². The second-order valence-corrected chi connectivity index (χ2v) is 3.80. The van der Waals surface area contributed by atoms with E-state index in [1.807, 2.05) is 12.5 Å². The highest BCUT2D eigenvalue weighted by molar-refractivity contribution is 9.10. The fourth-order valence-corrected chi connectivity index (χ4v) is 1.82. The van der Waals surface area contributed by atoms with Crippen LogP contribution in [0.2, 0.25) is 0 Å². The molecule has 0 saturated carbocycles. The largest absolute Gasteiger partial charge is 0.381 e. The molecule has 1 aromatic heterocycles. The van der Waals surface area contributed by atoms with E-state index in [2.05, 4.69) is 25.5 Å². The summed E-state index contributed by atoms with van der Waals surface area (Å²) >= 11 is 3.34. The number of ether oxygens (including phenoxy) is 1.